The fourth-order valence-electron chi connectivity index (χ4n) is 13.3. The van der Waals surface area contributed by atoms with E-state index < -0.39 is 41.3 Å². The van der Waals surface area contributed by atoms with Crippen molar-refractivity contribution >= 4 is 156 Å². The second-order valence-corrected chi connectivity index (χ2v) is 29.5. The number of anilines is 3. The Morgan fingerprint density at radius 2 is 0.818 bits per heavy atom. The van der Waals surface area contributed by atoms with Crippen LogP contribution in [0.1, 0.15) is 78.7 Å². The number of aliphatic carboxylic acids is 1. The molecule has 0 spiro atoms. The second kappa shape index (κ2) is 37.4. The first-order valence-electron chi connectivity index (χ1n) is 34.2. The number of hydrogen-bond donors (Lipinski definition) is 3. The first kappa shape index (κ1) is 84.5. The molecule has 3 aromatic heterocycles. The van der Waals surface area contributed by atoms with Crippen molar-refractivity contribution in [3.8, 4) is 0 Å². The third kappa shape index (κ3) is 18.2. The monoisotopic (exact) mass is 1600 g/mol. The molecule has 0 aliphatic carbocycles. The van der Waals surface area contributed by atoms with Crippen LogP contribution in [0.3, 0.4) is 0 Å². The molecule has 0 bridgehead atoms. The number of ether oxygens (including phenoxy) is 2. The summed E-state index contributed by atoms with van der Waals surface area (Å²) < 4.78 is 60.2. The molecule has 0 saturated carbocycles. The first-order valence-corrected chi connectivity index (χ1v) is 37.7. The molecule has 0 unspecified atom stereocenters. The van der Waals surface area contributed by atoms with Gasteiger partial charge in [-0.25, -0.2) is 27.6 Å². The van der Waals surface area contributed by atoms with Gasteiger partial charge in [-0.15, -0.1) is 0 Å². The van der Waals surface area contributed by atoms with Crippen molar-refractivity contribution in [1.29, 1.82) is 0 Å². The topological polar surface area (TPSA) is 256 Å². The zero-order valence-corrected chi connectivity index (χ0v) is 65.2. The van der Waals surface area contributed by atoms with Gasteiger partial charge in [-0.2, -0.15) is 0 Å². The third-order valence-corrected chi connectivity index (χ3v) is 22.9. The number of carbonyl (C=O) groups excluding carboxylic acids is 4. The predicted octanol–water partition coefficient (Wildman–Crippen LogP) is 15.7. The third-order valence-electron chi connectivity index (χ3n) is 18.4. The van der Waals surface area contributed by atoms with E-state index in [0.29, 0.717) is 73.7 Å². The van der Waals surface area contributed by atoms with Crippen LogP contribution in [0.2, 0.25) is 15.1 Å². The Morgan fingerprint density at radius 1 is 0.464 bits per heavy atom. The summed E-state index contributed by atoms with van der Waals surface area (Å²) in [6.45, 7) is 11.4. The van der Waals surface area contributed by atoms with Gasteiger partial charge in [0.2, 0.25) is 11.8 Å². The Balaban J connectivity index is 0.000000178. The number of hydrogen-bond acceptors (Lipinski definition) is 13. The fraction of sp³-hybridized carbons (Fsp3) is 0.195. The molecule has 3 aliphatic heterocycles. The number of para-hydroxylation sites is 3. The number of benzene rings is 9. The van der Waals surface area contributed by atoms with E-state index in [4.69, 9.17) is 44.3 Å². The molecule has 110 heavy (non-hydrogen) atoms. The number of carbonyl (C=O) groups is 6. The SMILES string of the molecule is CCOC(=O)c1cccc(Sc2c(C)n(CC(=O)N3CCc4ccccc43)c3c(F)c(Cl)ccc23)c1.CCOC(=O)c1cccc(Sc2c(C)n(CC(=O)O)c3c(F)c(Cl)ccc23)c1.Cc1c(Sc2cccc(C(=O)O)c2)c2ccc(Cl)c(F)c2n1CC(=O)N1CCc2ccccc21.O.[Li+].[OH-].c1ccc2c(c1)CCN2. The van der Waals surface area contributed by atoms with Crippen molar-refractivity contribution < 1.29 is 91.4 Å². The summed E-state index contributed by atoms with van der Waals surface area (Å²) in [6.07, 6.45) is 2.77. The van der Waals surface area contributed by atoms with E-state index in [-0.39, 0.29) is 99.5 Å². The minimum absolute atomic E-state index is 0. The van der Waals surface area contributed by atoms with Gasteiger partial charge in [-0.3, -0.25) is 14.4 Å². The quantitative estimate of drug-likeness (QED) is 0.0566. The Bertz CT molecular complexity index is 5490. The zero-order chi connectivity index (χ0) is 75.9. The fourth-order valence-corrected chi connectivity index (χ4v) is 17.0. The molecular weight excluding hydrogens is 1530 g/mol. The standard InChI is InChI=1S/C28H24ClFN2O3S.C26H20ClFN2O3S.C20H17ClFNO4S.C8H9N.Li.2H2O/c1-3-35-28(34)19-8-6-9-20(15-19)36-27-17(2)32(26-21(27)11-12-22(29)25(26)30)16-24(33)31-14-13-18-7-4-5-10-23(18)31;1-15-25(34-18-7-4-6-17(13-18)26(32)33)19-9-10-20(27)23(28)24(19)30(15)14-22(31)29-12-11-16-5-2-3-8-21(16)29;1-3-27-20(26)12-5-4-6-13(9-12)28-19-11(2)23(10-16(24)25)18-14(19)7-8-15(21)17(18)22;1-2-4-8-7(3-1)5-6-9-8;;;/h4-12,15H,3,13-14,16H2,1-2H3;2-10,13H,11-12,14H2,1H3,(H,32,33);4-9H,3,10H2,1-2H3,(H,24,25);1-4,9H,5-6H2;;2*1H2/q;;;;+1;;/p-1. The summed E-state index contributed by atoms with van der Waals surface area (Å²) in [5.74, 6) is -4.95. The van der Waals surface area contributed by atoms with Gasteiger partial charge in [0.15, 0.2) is 17.5 Å². The van der Waals surface area contributed by atoms with Crippen molar-refractivity contribution in [3.63, 3.8) is 0 Å². The van der Waals surface area contributed by atoms with Gasteiger partial charge in [-0.05, 0) is 180 Å². The molecular formula is C82H73Cl3F3LiN6O12S3. The molecule has 18 nitrogen and oxygen atoms in total. The number of fused-ring (bicyclic) bond motifs is 6. The molecule has 0 fully saturated rings. The smallest absolute Gasteiger partial charge is 0.870 e. The molecule has 15 rings (SSSR count). The summed E-state index contributed by atoms with van der Waals surface area (Å²) in [6, 6.07) is 54.4. The zero-order valence-electron chi connectivity index (χ0n) is 60.4. The average molecular weight is 1600 g/mol. The molecule has 6 N–H and O–H groups in total. The molecule has 0 radical (unpaired) electrons. The molecule has 564 valence electrons. The molecule has 2 amide bonds. The number of aromatic carboxylic acids is 1. The Labute approximate surface area is 671 Å². The van der Waals surface area contributed by atoms with E-state index in [1.807, 2.05) is 74.5 Å². The van der Waals surface area contributed by atoms with Gasteiger partial charge in [0.25, 0.3) is 0 Å². The van der Waals surface area contributed by atoms with Gasteiger partial charge in [0.05, 0.1) is 61.5 Å². The summed E-state index contributed by atoms with van der Waals surface area (Å²) in [5.41, 5.74) is 10.6. The van der Waals surface area contributed by atoms with Gasteiger partial charge in [0.1, 0.15) is 19.6 Å². The molecule has 0 saturated heterocycles. The normalized spacial score (nSPS) is 12.1. The van der Waals surface area contributed by atoms with E-state index in [1.54, 1.807) is 113 Å². The summed E-state index contributed by atoms with van der Waals surface area (Å²) in [4.78, 5) is 81.6. The van der Waals surface area contributed by atoms with Crippen LogP contribution < -0.4 is 34.0 Å². The van der Waals surface area contributed by atoms with Crippen molar-refractivity contribution in [2.45, 2.75) is 103 Å². The number of esters is 2. The maximum Gasteiger partial charge on any atom is 1.00 e. The van der Waals surface area contributed by atoms with Crippen LogP contribution in [0.5, 0.6) is 0 Å². The van der Waals surface area contributed by atoms with Gasteiger partial charge in [0, 0.05) is 99.3 Å². The van der Waals surface area contributed by atoms with E-state index in [2.05, 4.69) is 29.6 Å². The molecule has 3 aliphatic rings. The number of carboxylic acids is 2. The summed E-state index contributed by atoms with van der Waals surface area (Å²) in [7, 11) is 0. The van der Waals surface area contributed by atoms with E-state index in [0.717, 1.165) is 67.2 Å². The van der Waals surface area contributed by atoms with Crippen molar-refractivity contribution in [2.24, 2.45) is 0 Å². The van der Waals surface area contributed by atoms with Crippen LogP contribution >= 0.6 is 70.1 Å². The number of aromatic nitrogens is 3. The average Bonchev–Trinajstić information content (AvgIpc) is 1.61. The van der Waals surface area contributed by atoms with Crippen molar-refractivity contribution in [2.75, 3.05) is 48.0 Å². The van der Waals surface area contributed by atoms with Crippen LogP contribution in [0.4, 0.5) is 30.2 Å². The van der Waals surface area contributed by atoms with Gasteiger partial charge in [-0.1, -0.05) is 143 Å². The number of nitrogens with one attached hydrogen (secondary N) is 1. The predicted molar refractivity (Wildman–Crippen MR) is 422 cm³/mol. The number of carboxylic acid groups (broad SMARTS) is 2. The summed E-state index contributed by atoms with van der Waals surface area (Å²) in [5, 5.41) is 23.6. The Hall–Kier alpha value is -9.55. The second-order valence-electron chi connectivity index (χ2n) is 25.0. The largest absolute Gasteiger partial charge is 1.00 e. The van der Waals surface area contributed by atoms with Crippen LogP contribution in [0, 0.1) is 38.2 Å². The van der Waals surface area contributed by atoms with Crippen LogP contribution in [-0.2, 0) is 62.8 Å². The maximum absolute atomic E-state index is 15.4. The van der Waals surface area contributed by atoms with Gasteiger partial charge < -0.3 is 59.5 Å². The number of rotatable bonds is 17. The van der Waals surface area contributed by atoms with Crippen LogP contribution in [0.25, 0.3) is 32.7 Å². The van der Waals surface area contributed by atoms with Crippen LogP contribution in [0.15, 0.2) is 211 Å². The minimum Gasteiger partial charge on any atom is -0.870 e. The summed E-state index contributed by atoms with van der Waals surface area (Å²) >= 11 is 22.3. The Morgan fingerprint density at radius 3 is 1.19 bits per heavy atom. The molecule has 0 atom stereocenters. The molecule has 6 heterocycles. The minimum atomic E-state index is -1.08. The van der Waals surface area contributed by atoms with Crippen LogP contribution in [-0.4, -0.2) is 103 Å². The first-order chi connectivity index (χ1) is 51.5. The van der Waals surface area contributed by atoms with Gasteiger partial charge >= 0.3 is 42.7 Å². The number of nitrogens with zero attached hydrogens (tertiary/aromatic N) is 5. The van der Waals surface area contributed by atoms with Crippen molar-refractivity contribution in [3.05, 3.63) is 265 Å². The molecule has 12 aromatic rings. The number of amides is 2. The molecule has 28 heteroatoms. The number of halogens is 6. The van der Waals surface area contributed by atoms with E-state index >= 15 is 8.78 Å². The maximum atomic E-state index is 15.4. The van der Waals surface area contributed by atoms with E-state index in [9.17, 15) is 43.4 Å². The van der Waals surface area contributed by atoms with E-state index in [1.165, 1.54) is 81.8 Å². The molecule has 9 aromatic carbocycles. The Kier molecular flexibility index (Phi) is 28.7. The van der Waals surface area contributed by atoms with Crippen molar-refractivity contribution in [1.82, 2.24) is 13.7 Å².